The molecule has 0 spiro atoms. The summed E-state index contributed by atoms with van der Waals surface area (Å²) in [6.45, 7) is 7.01. The Kier molecular flexibility index (Phi) is 6.63. The molecule has 6 heteroatoms. The molecule has 0 aliphatic rings. The van der Waals surface area contributed by atoms with Crippen molar-refractivity contribution in [2.45, 2.75) is 19.9 Å². The largest absolute Gasteiger partial charge is 0.351 e. The predicted molar refractivity (Wildman–Crippen MR) is 85.4 cm³/mol. The lowest BCUT2D eigenvalue weighted by Gasteiger charge is -2.25. The monoisotopic (exact) mass is 322 g/mol. The van der Waals surface area contributed by atoms with E-state index in [0.717, 1.165) is 18.2 Å². The van der Waals surface area contributed by atoms with Crippen LogP contribution in [0, 0.1) is 11.6 Å². The molecule has 0 aliphatic carbocycles. The Hall–Kier alpha value is -2.50. The summed E-state index contributed by atoms with van der Waals surface area (Å²) in [6, 6.07) is 3.19. The van der Waals surface area contributed by atoms with E-state index in [0.29, 0.717) is 11.1 Å². The van der Waals surface area contributed by atoms with E-state index in [1.165, 1.54) is 17.0 Å². The molecule has 1 unspecified atom stereocenters. The van der Waals surface area contributed by atoms with Crippen molar-refractivity contribution in [3.63, 3.8) is 0 Å². The number of halogens is 2. The molecule has 0 radical (unpaired) electrons. The number of likely N-dealkylation sites (N-methyl/N-ethyl adjacent to an activating group) is 1. The lowest BCUT2D eigenvalue weighted by Crippen LogP contribution is -2.43. The van der Waals surface area contributed by atoms with Gasteiger partial charge in [0.2, 0.25) is 11.8 Å². The minimum Gasteiger partial charge on any atom is -0.351 e. The first-order valence-electron chi connectivity index (χ1n) is 7.07. The Balaban J connectivity index is 2.77. The third kappa shape index (κ3) is 5.32. The number of hydrogen-bond donors (Lipinski definition) is 1. The maximum absolute atomic E-state index is 13.2. The first-order chi connectivity index (χ1) is 10.8. The molecule has 2 amide bonds. The van der Waals surface area contributed by atoms with Crippen molar-refractivity contribution in [1.82, 2.24) is 10.2 Å². The number of nitrogens with zero attached hydrogens (tertiary/aromatic N) is 1. The Labute approximate surface area is 134 Å². The zero-order valence-corrected chi connectivity index (χ0v) is 13.4. The van der Waals surface area contributed by atoms with Crippen LogP contribution in [0.2, 0.25) is 0 Å². The first kappa shape index (κ1) is 18.5. The molecular weight excluding hydrogens is 302 g/mol. The zero-order chi connectivity index (χ0) is 17.6. The Morgan fingerprint density at radius 3 is 2.57 bits per heavy atom. The Morgan fingerprint density at radius 1 is 1.35 bits per heavy atom. The van der Waals surface area contributed by atoms with Crippen molar-refractivity contribution in [3.05, 3.63) is 53.6 Å². The van der Waals surface area contributed by atoms with E-state index in [9.17, 15) is 18.4 Å². The highest BCUT2D eigenvalue weighted by Gasteiger charge is 2.17. The fourth-order valence-electron chi connectivity index (χ4n) is 1.85. The molecule has 1 aromatic rings. The zero-order valence-electron chi connectivity index (χ0n) is 13.4. The molecule has 0 saturated carbocycles. The average Bonchev–Trinajstić information content (AvgIpc) is 2.54. The van der Waals surface area contributed by atoms with Crippen LogP contribution in [0.1, 0.15) is 19.4 Å². The highest BCUT2D eigenvalue weighted by molar-refractivity contribution is 5.97. The second kappa shape index (κ2) is 8.22. The Bertz CT molecular complexity index is 641. The maximum atomic E-state index is 13.2. The van der Waals surface area contributed by atoms with Crippen LogP contribution in [0.25, 0.3) is 6.08 Å². The molecule has 0 bridgehead atoms. The van der Waals surface area contributed by atoms with E-state index >= 15 is 0 Å². The number of carbonyl (C=O) groups excluding carboxylic acids is 2. The van der Waals surface area contributed by atoms with Gasteiger partial charge in [0, 0.05) is 25.2 Å². The molecule has 0 fully saturated rings. The number of hydrogen-bond acceptors (Lipinski definition) is 2. The van der Waals surface area contributed by atoms with Crippen molar-refractivity contribution in [2.75, 3.05) is 13.6 Å². The van der Waals surface area contributed by atoms with Crippen LogP contribution in [-0.4, -0.2) is 36.3 Å². The average molecular weight is 322 g/mol. The molecule has 1 atom stereocenters. The van der Waals surface area contributed by atoms with Gasteiger partial charge in [-0.25, -0.2) is 8.78 Å². The van der Waals surface area contributed by atoms with Crippen molar-refractivity contribution in [3.8, 4) is 0 Å². The third-order valence-electron chi connectivity index (χ3n) is 3.40. The summed E-state index contributed by atoms with van der Waals surface area (Å²) in [5.41, 5.74) is 0.774. The quantitative estimate of drug-likeness (QED) is 0.818. The lowest BCUT2D eigenvalue weighted by molar-refractivity contribution is -0.128. The highest BCUT2D eigenvalue weighted by atomic mass is 19.2. The molecule has 0 aromatic heterocycles. The van der Waals surface area contributed by atoms with E-state index in [4.69, 9.17) is 0 Å². The van der Waals surface area contributed by atoms with E-state index in [-0.39, 0.29) is 24.4 Å². The molecule has 23 heavy (non-hydrogen) atoms. The van der Waals surface area contributed by atoms with E-state index in [1.54, 1.807) is 20.9 Å². The summed E-state index contributed by atoms with van der Waals surface area (Å²) in [6.07, 6.45) is 2.64. The van der Waals surface area contributed by atoms with Gasteiger partial charge in [-0.15, -0.1) is 0 Å². The molecule has 1 N–H and O–H groups in total. The number of amides is 2. The highest BCUT2D eigenvalue weighted by Crippen LogP contribution is 2.13. The van der Waals surface area contributed by atoms with Crippen LogP contribution in [0.5, 0.6) is 0 Å². The second-order valence-electron chi connectivity index (χ2n) is 5.22. The number of carbonyl (C=O) groups is 2. The van der Waals surface area contributed by atoms with Crippen LogP contribution >= 0.6 is 0 Å². The van der Waals surface area contributed by atoms with Gasteiger partial charge in [-0.2, -0.15) is 0 Å². The molecule has 1 aromatic carbocycles. The van der Waals surface area contributed by atoms with Crippen LogP contribution in [0.15, 0.2) is 36.4 Å². The van der Waals surface area contributed by atoms with Gasteiger partial charge in [0.05, 0.1) is 0 Å². The predicted octanol–water partition coefficient (Wildman–Crippen LogP) is 2.52. The number of nitrogens with one attached hydrogen (secondary N) is 1. The molecule has 0 saturated heterocycles. The molecule has 124 valence electrons. The number of rotatable bonds is 6. The van der Waals surface area contributed by atoms with Gasteiger partial charge in [0.25, 0.3) is 0 Å². The van der Waals surface area contributed by atoms with Gasteiger partial charge in [0.1, 0.15) is 0 Å². The summed E-state index contributed by atoms with van der Waals surface area (Å²) in [4.78, 5) is 24.9. The summed E-state index contributed by atoms with van der Waals surface area (Å²) >= 11 is 0. The van der Waals surface area contributed by atoms with Crippen LogP contribution in [-0.2, 0) is 9.59 Å². The molecule has 0 aliphatic heterocycles. The topological polar surface area (TPSA) is 49.4 Å². The normalized spacial score (nSPS) is 12.5. The summed E-state index contributed by atoms with van der Waals surface area (Å²) in [5.74, 6) is -2.48. The van der Waals surface area contributed by atoms with Gasteiger partial charge in [-0.3, -0.25) is 9.59 Å². The maximum Gasteiger partial charge on any atom is 0.249 e. The third-order valence-corrected chi connectivity index (χ3v) is 3.40. The molecule has 0 heterocycles. The summed E-state index contributed by atoms with van der Waals surface area (Å²) in [7, 11) is 1.61. The summed E-state index contributed by atoms with van der Waals surface area (Å²) < 4.78 is 26.1. The van der Waals surface area contributed by atoms with Crippen molar-refractivity contribution in [2.24, 2.45) is 0 Å². The summed E-state index contributed by atoms with van der Waals surface area (Å²) in [5, 5.41) is 2.61. The minimum atomic E-state index is -0.965. The van der Waals surface area contributed by atoms with E-state index < -0.39 is 11.6 Å². The molecule has 1 rings (SSSR count). The van der Waals surface area contributed by atoms with E-state index in [1.807, 2.05) is 0 Å². The van der Waals surface area contributed by atoms with Gasteiger partial charge >= 0.3 is 0 Å². The molecule has 4 nitrogen and oxygen atoms in total. The second-order valence-corrected chi connectivity index (χ2v) is 5.22. The fourth-order valence-corrected chi connectivity index (χ4v) is 1.85. The van der Waals surface area contributed by atoms with Crippen molar-refractivity contribution >= 4 is 17.9 Å². The van der Waals surface area contributed by atoms with Crippen LogP contribution < -0.4 is 5.32 Å². The van der Waals surface area contributed by atoms with Crippen LogP contribution in [0.4, 0.5) is 8.78 Å². The molecular formula is C17H20F2N2O2. The lowest BCUT2D eigenvalue weighted by atomic mass is 10.1. The van der Waals surface area contributed by atoms with Gasteiger partial charge in [-0.1, -0.05) is 12.6 Å². The minimum absolute atomic E-state index is 0.236. The first-order valence-corrected chi connectivity index (χ1v) is 7.07. The smallest absolute Gasteiger partial charge is 0.249 e. The SMILES string of the molecule is C=CC(=O)NCC(C)N(C)C(=O)/C(C)=C/c1ccc(F)c(F)c1. The fraction of sp³-hybridized carbons (Fsp3) is 0.294. The van der Waals surface area contributed by atoms with Crippen molar-refractivity contribution in [1.29, 1.82) is 0 Å². The van der Waals surface area contributed by atoms with Gasteiger partial charge in [-0.05, 0) is 43.7 Å². The van der Waals surface area contributed by atoms with Crippen molar-refractivity contribution < 1.29 is 18.4 Å². The van der Waals surface area contributed by atoms with Crippen LogP contribution in [0.3, 0.4) is 0 Å². The van der Waals surface area contributed by atoms with Gasteiger partial charge in [0.15, 0.2) is 11.6 Å². The standard InChI is InChI=1S/C17H20F2N2O2/c1-5-16(22)20-10-12(3)21(4)17(23)11(2)8-13-6-7-14(18)15(19)9-13/h5-9,12H,1,10H2,2-4H3,(H,20,22)/b11-8+. The van der Waals surface area contributed by atoms with E-state index in [2.05, 4.69) is 11.9 Å². The van der Waals surface area contributed by atoms with Gasteiger partial charge < -0.3 is 10.2 Å². The number of benzene rings is 1. The Morgan fingerprint density at radius 2 is 2.00 bits per heavy atom.